The van der Waals surface area contributed by atoms with Gasteiger partial charge in [-0.1, -0.05) is 30.3 Å². The van der Waals surface area contributed by atoms with Crippen molar-refractivity contribution in [1.82, 2.24) is 19.5 Å². The zero-order valence-electron chi connectivity index (χ0n) is 16.7. The van der Waals surface area contributed by atoms with Crippen molar-refractivity contribution in [2.24, 2.45) is 0 Å². The van der Waals surface area contributed by atoms with Crippen LogP contribution in [0.25, 0.3) is 17.1 Å². The summed E-state index contributed by atoms with van der Waals surface area (Å²) in [5, 5.41) is 9.63. The molecule has 0 spiro atoms. The molecule has 0 saturated carbocycles. The molecule has 31 heavy (non-hydrogen) atoms. The Morgan fingerprint density at radius 2 is 1.58 bits per heavy atom. The Morgan fingerprint density at radius 3 is 2.32 bits per heavy atom. The van der Waals surface area contributed by atoms with E-state index in [9.17, 15) is 9.90 Å². The Morgan fingerprint density at radius 1 is 0.871 bits per heavy atom. The number of phenolic OH excluding ortho intramolecular Hbond substituents is 1. The van der Waals surface area contributed by atoms with Crippen molar-refractivity contribution in [2.45, 2.75) is 12.8 Å². The summed E-state index contributed by atoms with van der Waals surface area (Å²) in [6.07, 6.45) is 6.27. The molecule has 6 nitrogen and oxygen atoms in total. The van der Waals surface area contributed by atoms with E-state index >= 15 is 0 Å². The van der Waals surface area contributed by atoms with Crippen LogP contribution in [0.2, 0.25) is 0 Å². The third kappa shape index (κ3) is 3.83. The molecular formula is C25H20N4O2. The smallest absolute Gasteiger partial charge is 0.278 e. The van der Waals surface area contributed by atoms with Crippen molar-refractivity contribution >= 4 is 0 Å². The molecule has 0 amide bonds. The molecule has 6 heteroatoms. The molecule has 0 aliphatic carbocycles. The highest BCUT2D eigenvalue weighted by Gasteiger charge is 2.20. The second-order valence-corrected chi connectivity index (χ2v) is 7.45. The number of nitrogens with one attached hydrogen (secondary N) is 1. The SMILES string of the molecule is O=c1c(Cc2ccncc2)nc2c(Cc3ccccc3)[nH]c(-c3ccc(O)cc3)cn1-2. The summed E-state index contributed by atoms with van der Waals surface area (Å²) in [7, 11) is 0. The fourth-order valence-corrected chi connectivity index (χ4v) is 3.70. The summed E-state index contributed by atoms with van der Waals surface area (Å²) in [6.45, 7) is 0. The number of rotatable bonds is 5. The van der Waals surface area contributed by atoms with Gasteiger partial charge in [-0.25, -0.2) is 4.98 Å². The van der Waals surface area contributed by atoms with Crippen LogP contribution in [0.3, 0.4) is 0 Å². The molecule has 0 fully saturated rings. The molecule has 0 atom stereocenters. The molecule has 152 valence electrons. The maximum Gasteiger partial charge on any atom is 0.278 e. The van der Waals surface area contributed by atoms with Crippen LogP contribution in [0, 0.1) is 0 Å². The van der Waals surface area contributed by atoms with Crippen LogP contribution in [0.4, 0.5) is 0 Å². The van der Waals surface area contributed by atoms with Crippen LogP contribution >= 0.6 is 0 Å². The number of hydrogen-bond donors (Lipinski definition) is 2. The first kappa shape index (κ1) is 18.8. The van der Waals surface area contributed by atoms with E-state index in [1.807, 2.05) is 42.5 Å². The van der Waals surface area contributed by atoms with Gasteiger partial charge in [-0.15, -0.1) is 0 Å². The Hall–Kier alpha value is -4.19. The van der Waals surface area contributed by atoms with Crippen LogP contribution in [0.5, 0.6) is 5.75 Å². The normalized spacial score (nSPS) is 11.1. The first-order valence-corrected chi connectivity index (χ1v) is 10.0. The standard InChI is InChI=1S/C25H20N4O2/c30-20-8-6-19(7-9-20)23-16-29-24(21(27-23)14-17-4-2-1-3-5-17)28-22(25(29)31)15-18-10-12-26-13-11-18/h1-13,16,27,30H,14-15H2. The number of H-pyrrole nitrogens is 1. The molecule has 0 radical (unpaired) electrons. The zero-order chi connectivity index (χ0) is 21.2. The number of imidazole rings is 1. The zero-order valence-corrected chi connectivity index (χ0v) is 16.7. The maximum atomic E-state index is 13.2. The van der Waals surface area contributed by atoms with Crippen LogP contribution < -0.4 is 5.56 Å². The molecule has 2 aliphatic heterocycles. The lowest BCUT2D eigenvalue weighted by Crippen LogP contribution is -2.17. The van der Waals surface area contributed by atoms with Crippen molar-refractivity contribution < 1.29 is 5.11 Å². The number of aromatic amines is 1. The van der Waals surface area contributed by atoms with Gasteiger partial charge in [0.05, 0.1) is 11.4 Å². The Balaban J connectivity index is 1.65. The van der Waals surface area contributed by atoms with Gasteiger partial charge in [0, 0.05) is 31.4 Å². The second kappa shape index (κ2) is 7.91. The van der Waals surface area contributed by atoms with Crippen LogP contribution in [-0.2, 0) is 12.8 Å². The van der Waals surface area contributed by atoms with Gasteiger partial charge in [0.15, 0.2) is 5.82 Å². The molecule has 3 heterocycles. The van der Waals surface area contributed by atoms with Gasteiger partial charge in [-0.05, 0) is 53.1 Å². The number of fused-ring (bicyclic) bond motifs is 1. The van der Waals surface area contributed by atoms with E-state index in [-0.39, 0.29) is 11.3 Å². The summed E-state index contributed by atoms with van der Waals surface area (Å²) in [4.78, 5) is 25.4. The van der Waals surface area contributed by atoms with Crippen molar-refractivity contribution in [3.8, 4) is 22.8 Å². The van der Waals surface area contributed by atoms with Crippen molar-refractivity contribution in [1.29, 1.82) is 0 Å². The monoisotopic (exact) mass is 408 g/mol. The molecule has 0 saturated heterocycles. The van der Waals surface area contributed by atoms with Crippen LogP contribution in [0.1, 0.15) is 22.5 Å². The predicted molar refractivity (Wildman–Crippen MR) is 119 cm³/mol. The number of aromatic hydroxyl groups is 1. The predicted octanol–water partition coefficient (Wildman–Crippen LogP) is 3.95. The van der Waals surface area contributed by atoms with Gasteiger partial charge in [-0.3, -0.25) is 14.3 Å². The number of pyridine rings is 1. The Labute approximate surface area is 178 Å². The van der Waals surface area contributed by atoms with Gasteiger partial charge < -0.3 is 10.1 Å². The van der Waals surface area contributed by atoms with E-state index < -0.39 is 0 Å². The molecule has 1 aromatic heterocycles. The van der Waals surface area contributed by atoms with E-state index in [1.165, 1.54) is 0 Å². The number of aromatic nitrogens is 4. The largest absolute Gasteiger partial charge is 0.508 e. The molecule has 2 aliphatic rings. The number of nitrogens with zero attached hydrogens (tertiary/aromatic N) is 3. The van der Waals surface area contributed by atoms with Crippen molar-refractivity contribution in [3.05, 3.63) is 118 Å². The highest BCUT2D eigenvalue weighted by Crippen LogP contribution is 2.25. The number of phenols is 1. The van der Waals surface area contributed by atoms with E-state index in [0.717, 1.165) is 28.1 Å². The fourth-order valence-electron chi connectivity index (χ4n) is 3.70. The second-order valence-electron chi connectivity index (χ2n) is 7.45. The van der Waals surface area contributed by atoms with Crippen molar-refractivity contribution in [2.75, 3.05) is 0 Å². The first-order valence-electron chi connectivity index (χ1n) is 10.0. The van der Waals surface area contributed by atoms with E-state index in [0.29, 0.717) is 24.4 Å². The molecule has 0 unspecified atom stereocenters. The van der Waals surface area contributed by atoms with Gasteiger partial charge in [0.25, 0.3) is 5.56 Å². The summed E-state index contributed by atoms with van der Waals surface area (Å²) in [5.74, 6) is 0.821. The lowest BCUT2D eigenvalue weighted by atomic mass is 10.1. The lowest BCUT2D eigenvalue weighted by molar-refractivity contribution is 0.475. The summed E-state index contributed by atoms with van der Waals surface area (Å²) < 4.78 is 1.62. The first-order chi connectivity index (χ1) is 15.2. The average Bonchev–Trinajstić information content (AvgIpc) is 3.11. The fraction of sp³-hybridized carbons (Fsp3) is 0.0800. The third-order valence-corrected chi connectivity index (χ3v) is 5.27. The summed E-state index contributed by atoms with van der Waals surface area (Å²) in [6, 6.07) is 20.8. The van der Waals surface area contributed by atoms with Gasteiger partial charge in [0.1, 0.15) is 11.4 Å². The third-order valence-electron chi connectivity index (χ3n) is 5.27. The molecule has 3 aromatic rings. The minimum atomic E-state index is -0.129. The number of benzene rings is 2. The van der Waals surface area contributed by atoms with Gasteiger partial charge >= 0.3 is 0 Å². The lowest BCUT2D eigenvalue weighted by Gasteiger charge is -2.13. The van der Waals surface area contributed by atoms with Crippen LogP contribution in [-0.4, -0.2) is 24.6 Å². The van der Waals surface area contributed by atoms with Gasteiger partial charge in [0.2, 0.25) is 0 Å². The summed E-state index contributed by atoms with van der Waals surface area (Å²) in [5.41, 5.74) is 4.99. The van der Waals surface area contributed by atoms with Crippen molar-refractivity contribution in [3.63, 3.8) is 0 Å². The highest BCUT2D eigenvalue weighted by molar-refractivity contribution is 5.61. The molecular weight excluding hydrogens is 388 g/mol. The quantitative estimate of drug-likeness (QED) is 0.461. The topological polar surface area (TPSA) is 83.8 Å². The minimum Gasteiger partial charge on any atom is -0.508 e. The minimum absolute atomic E-state index is 0.129. The van der Waals surface area contributed by atoms with Crippen LogP contribution in [0.15, 0.2) is 90.1 Å². The van der Waals surface area contributed by atoms with E-state index in [4.69, 9.17) is 4.98 Å². The average molecular weight is 408 g/mol. The summed E-state index contributed by atoms with van der Waals surface area (Å²) >= 11 is 0. The Bertz CT molecular complexity index is 1340. The molecule has 2 aromatic carbocycles. The molecule has 0 bridgehead atoms. The highest BCUT2D eigenvalue weighted by atomic mass is 16.3. The molecule has 2 N–H and O–H groups in total. The maximum absolute atomic E-state index is 13.2. The Kier molecular flexibility index (Phi) is 4.80. The van der Waals surface area contributed by atoms with Gasteiger partial charge in [-0.2, -0.15) is 0 Å². The molecule has 5 rings (SSSR count). The van der Waals surface area contributed by atoms with E-state index in [1.54, 1.807) is 35.3 Å². The van der Waals surface area contributed by atoms with E-state index in [2.05, 4.69) is 22.1 Å². The number of hydrogen-bond acceptors (Lipinski definition) is 4.